The minimum Gasteiger partial charge on any atom is -0.378 e. The lowest BCUT2D eigenvalue weighted by molar-refractivity contribution is -0.122. The van der Waals surface area contributed by atoms with Crippen LogP contribution in [-0.2, 0) is 16.1 Å². The largest absolute Gasteiger partial charge is 0.378 e. The molecule has 1 aromatic heterocycles. The Morgan fingerprint density at radius 3 is 2.71 bits per heavy atom. The van der Waals surface area contributed by atoms with Crippen molar-refractivity contribution in [1.29, 1.82) is 0 Å². The van der Waals surface area contributed by atoms with E-state index in [1.807, 2.05) is 19.2 Å². The predicted octanol–water partition coefficient (Wildman–Crippen LogP) is 1.12. The van der Waals surface area contributed by atoms with E-state index in [9.17, 15) is 4.79 Å². The Hall–Kier alpha value is -1.62. The van der Waals surface area contributed by atoms with Crippen LogP contribution in [0, 0.1) is 5.92 Å². The minimum absolute atomic E-state index is 0. The van der Waals surface area contributed by atoms with Crippen molar-refractivity contribution in [1.82, 2.24) is 20.9 Å². The number of halogens is 1. The Morgan fingerprint density at radius 2 is 2.00 bits per heavy atom. The van der Waals surface area contributed by atoms with Gasteiger partial charge in [0.15, 0.2) is 5.96 Å². The number of aliphatic imine (C=N–C) groups is 1. The van der Waals surface area contributed by atoms with E-state index in [-0.39, 0.29) is 35.8 Å². The van der Waals surface area contributed by atoms with Crippen molar-refractivity contribution in [3.8, 4) is 0 Å². The molecule has 9 heteroatoms. The summed E-state index contributed by atoms with van der Waals surface area (Å²) in [6.07, 6.45) is 3.88. The molecule has 1 aromatic rings. The second kappa shape index (κ2) is 12.1. The molecule has 1 saturated heterocycles. The fraction of sp³-hybridized carbons (Fsp3) is 0.632. The third-order valence-corrected chi connectivity index (χ3v) is 4.59. The normalized spacial score (nSPS) is 16.9. The Kier molecular flexibility index (Phi) is 9.76. The number of ether oxygens (including phenoxy) is 1. The van der Waals surface area contributed by atoms with Crippen LogP contribution in [0.15, 0.2) is 23.3 Å². The van der Waals surface area contributed by atoms with Gasteiger partial charge >= 0.3 is 0 Å². The Labute approximate surface area is 183 Å². The molecule has 0 atom stereocenters. The first-order valence-electron chi connectivity index (χ1n) is 9.84. The lowest BCUT2D eigenvalue weighted by Crippen LogP contribution is -2.41. The Balaban J connectivity index is 0.00000280. The second-order valence-electron chi connectivity index (χ2n) is 6.77. The minimum atomic E-state index is 0. The van der Waals surface area contributed by atoms with Gasteiger partial charge in [-0.05, 0) is 25.8 Å². The van der Waals surface area contributed by atoms with E-state index < -0.39 is 0 Å². The highest BCUT2D eigenvalue weighted by Gasteiger charge is 2.28. The summed E-state index contributed by atoms with van der Waals surface area (Å²) in [4.78, 5) is 23.2. The SMILES string of the molecule is CCNC(=NCc1cccnc1N1CCOCC1)NCCNC(=O)C1CC1.I. The first-order valence-corrected chi connectivity index (χ1v) is 9.84. The number of nitrogens with zero attached hydrogens (tertiary/aromatic N) is 3. The molecule has 8 nitrogen and oxygen atoms in total. The summed E-state index contributed by atoms with van der Waals surface area (Å²) in [5, 5.41) is 9.48. The number of guanidine groups is 1. The maximum absolute atomic E-state index is 11.7. The molecule has 0 spiro atoms. The molecule has 2 heterocycles. The number of carbonyl (C=O) groups excluding carboxylic acids is 1. The van der Waals surface area contributed by atoms with Crippen molar-refractivity contribution in [3.05, 3.63) is 23.9 Å². The van der Waals surface area contributed by atoms with Gasteiger partial charge < -0.3 is 25.6 Å². The lowest BCUT2D eigenvalue weighted by Gasteiger charge is -2.29. The molecule has 1 amide bonds. The molecule has 1 aliphatic heterocycles. The second-order valence-corrected chi connectivity index (χ2v) is 6.77. The van der Waals surface area contributed by atoms with Crippen LogP contribution in [0.5, 0.6) is 0 Å². The molecule has 0 bridgehead atoms. The zero-order chi connectivity index (χ0) is 18.9. The number of pyridine rings is 1. The number of anilines is 1. The molecular formula is C19H31IN6O2. The zero-order valence-corrected chi connectivity index (χ0v) is 18.8. The number of carbonyl (C=O) groups is 1. The van der Waals surface area contributed by atoms with Crippen molar-refractivity contribution in [2.75, 3.05) is 50.8 Å². The molecule has 0 radical (unpaired) electrons. The fourth-order valence-electron chi connectivity index (χ4n) is 2.98. The van der Waals surface area contributed by atoms with E-state index >= 15 is 0 Å². The van der Waals surface area contributed by atoms with Crippen molar-refractivity contribution < 1.29 is 9.53 Å². The summed E-state index contributed by atoms with van der Waals surface area (Å²) in [7, 11) is 0. The average Bonchev–Trinajstić information content (AvgIpc) is 3.55. The van der Waals surface area contributed by atoms with Gasteiger partial charge in [-0.2, -0.15) is 0 Å². The highest BCUT2D eigenvalue weighted by Crippen LogP contribution is 2.28. The number of nitrogens with one attached hydrogen (secondary N) is 3. The van der Waals surface area contributed by atoms with Gasteiger partial charge in [-0.25, -0.2) is 9.98 Å². The lowest BCUT2D eigenvalue weighted by atomic mass is 10.2. The number of aromatic nitrogens is 1. The highest BCUT2D eigenvalue weighted by molar-refractivity contribution is 14.0. The molecule has 1 saturated carbocycles. The van der Waals surface area contributed by atoms with Crippen molar-refractivity contribution in [2.24, 2.45) is 10.9 Å². The standard InChI is InChI=1S/C19H30N6O2.HI/c1-2-20-19(23-9-8-22-18(26)15-5-6-15)24-14-16-4-3-7-21-17(16)25-10-12-27-13-11-25;/h3-4,7,15H,2,5-6,8-14H2,1H3,(H,22,26)(H2,20,23,24);1H. The van der Waals surface area contributed by atoms with Gasteiger partial charge in [0.1, 0.15) is 5.82 Å². The van der Waals surface area contributed by atoms with E-state index in [4.69, 9.17) is 4.74 Å². The maximum Gasteiger partial charge on any atom is 0.223 e. The van der Waals surface area contributed by atoms with Crippen LogP contribution in [-0.4, -0.2) is 62.8 Å². The summed E-state index contributed by atoms with van der Waals surface area (Å²) in [5.41, 5.74) is 1.10. The van der Waals surface area contributed by atoms with Gasteiger partial charge in [0.25, 0.3) is 0 Å². The molecular weight excluding hydrogens is 471 g/mol. The van der Waals surface area contributed by atoms with Gasteiger partial charge in [-0.15, -0.1) is 24.0 Å². The summed E-state index contributed by atoms with van der Waals surface area (Å²) in [6.45, 7) is 7.79. The molecule has 156 valence electrons. The van der Waals surface area contributed by atoms with Crippen LogP contribution in [0.2, 0.25) is 0 Å². The quantitative estimate of drug-likeness (QED) is 0.214. The number of hydrogen-bond acceptors (Lipinski definition) is 5. The third-order valence-electron chi connectivity index (χ3n) is 4.59. The maximum atomic E-state index is 11.7. The van der Waals surface area contributed by atoms with Gasteiger partial charge in [-0.1, -0.05) is 6.07 Å². The molecule has 3 N–H and O–H groups in total. The summed E-state index contributed by atoms with van der Waals surface area (Å²) in [5.74, 6) is 2.15. The van der Waals surface area contributed by atoms with Crippen molar-refractivity contribution in [2.45, 2.75) is 26.3 Å². The summed E-state index contributed by atoms with van der Waals surface area (Å²) >= 11 is 0. The summed E-state index contributed by atoms with van der Waals surface area (Å²) in [6, 6.07) is 4.02. The molecule has 28 heavy (non-hydrogen) atoms. The van der Waals surface area contributed by atoms with Crippen LogP contribution in [0.3, 0.4) is 0 Å². The van der Waals surface area contributed by atoms with Crippen LogP contribution < -0.4 is 20.9 Å². The third kappa shape index (κ3) is 7.08. The first kappa shape index (κ1) is 22.7. The van der Waals surface area contributed by atoms with E-state index in [2.05, 4.69) is 36.9 Å². The highest BCUT2D eigenvalue weighted by atomic mass is 127. The molecule has 0 unspecified atom stereocenters. The Bertz CT molecular complexity index is 647. The number of rotatable bonds is 8. The van der Waals surface area contributed by atoms with Crippen LogP contribution in [0.25, 0.3) is 0 Å². The van der Waals surface area contributed by atoms with Gasteiger partial charge in [0.05, 0.1) is 19.8 Å². The Morgan fingerprint density at radius 1 is 1.25 bits per heavy atom. The van der Waals surface area contributed by atoms with Crippen molar-refractivity contribution >= 4 is 41.7 Å². The molecule has 1 aliphatic carbocycles. The molecule has 0 aromatic carbocycles. The predicted molar refractivity (Wildman–Crippen MR) is 121 cm³/mol. The van der Waals surface area contributed by atoms with Crippen LogP contribution in [0.1, 0.15) is 25.3 Å². The van der Waals surface area contributed by atoms with Gasteiger partial charge in [0.2, 0.25) is 5.91 Å². The smallest absolute Gasteiger partial charge is 0.223 e. The molecule has 3 rings (SSSR count). The van der Waals surface area contributed by atoms with Gasteiger partial charge in [0, 0.05) is 50.4 Å². The van der Waals surface area contributed by atoms with Gasteiger partial charge in [-0.3, -0.25) is 4.79 Å². The zero-order valence-electron chi connectivity index (χ0n) is 16.4. The van der Waals surface area contributed by atoms with E-state index in [0.29, 0.717) is 19.6 Å². The number of hydrogen-bond donors (Lipinski definition) is 3. The average molecular weight is 502 g/mol. The number of amides is 1. The number of morpholine rings is 1. The van der Waals surface area contributed by atoms with Crippen molar-refractivity contribution in [3.63, 3.8) is 0 Å². The van der Waals surface area contributed by atoms with E-state index in [1.54, 1.807) is 0 Å². The van der Waals surface area contributed by atoms with E-state index in [1.165, 1.54) is 0 Å². The van der Waals surface area contributed by atoms with E-state index in [0.717, 1.165) is 63.0 Å². The molecule has 2 fully saturated rings. The topological polar surface area (TPSA) is 90.9 Å². The monoisotopic (exact) mass is 502 g/mol. The fourth-order valence-corrected chi connectivity index (χ4v) is 2.98. The molecule has 2 aliphatic rings. The summed E-state index contributed by atoms with van der Waals surface area (Å²) < 4.78 is 5.43. The first-order chi connectivity index (χ1) is 13.3. The van der Waals surface area contributed by atoms with Crippen LogP contribution in [0.4, 0.5) is 5.82 Å². The van der Waals surface area contributed by atoms with Crippen LogP contribution >= 0.6 is 24.0 Å².